The Bertz CT molecular complexity index is 1070. The van der Waals surface area contributed by atoms with Crippen molar-refractivity contribution in [3.63, 3.8) is 0 Å². The fourth-order valence-corrected chi connectivity index (χ4v) is 6.73. The third kappa shape index (κ3) is 4.08. The zero-order valence-electron chi connectivity index (χ0n) is 18.5. The van der Waals surface area contributed by atoms with Crippen LogP contribution in [0.1, 0.15) is 51.6 Å². The van der Waals surface area contributed by atoms with E-state index in [0.29, 0.717) is 12.8 Å². The fraction of sp³-hybridized carbons (Fsp3) is 0.600. The number of hydrogen-bond donors (Lipinski definition) is 4. The van der Waals surface area contributed by atoms with Crippen LogP contribution in [-0.2, 0) is 24.0 Å². The molecule has 12 nitrogen and oxygen atoms in total. The molecule has 4 rings (SSSR count). The van der Waals surface area contributed by atoms with Crippen LogP contribution < -0.4 is 11.1 Å². The summed E-state index contributed by atoms with van der Waals surface area (Å²) in [5.41, 5.74) is 3.94. The van der Waals surface area contributed by atoms with Crippen LogP contribution in [0.3, 0.4) is 0 Å². The van der Waals surface area contributed by atoms with Gasteiger partial charge in [-0.2, -0.15) is 0 Å². The molecule has 34 heavy (non-hydrogen) atoms. The third-order valence-electron chi connectivity index (χ3n) is 6.30. The number of anilines is 1. The molecule has 3 heterocycles. The van der Waals surface area contributed by atoms with Crippen molar-refractivity contribution in [3.8, 4) is 0 Å². The molecular weight excluding hydrogens is 486 g/mol. The number of fused-ring (bicyclic) bond motifs is 1. The standard InChI is InChI=1S/C20H25N5O7S2/c1-19(2)12(16(28)29)25-14(27)11(15(25)34-19)23-13(26)10(9-8-33-18(21)22-9)24-32-20(17(30)31)6-4-3-5-7-20/h8,11-12,15H,3-7H2,1-2H3,(H2,21,22)(H,23,26)(H,28,29)(H,30,31)/t11-,12-,15+/m0/s1. The summed E-state index contributed by atoms with van der Waals surface area (Å²) in [6.45, 7) is 3.46. The normalized spacial score (nSPS) is 27.5. The topological polar surface area (TPSA) is 185 Å². The minimum atomic E-state index is -1.55. The maximum Gasteiger partial charge on any atom is 0.350 e. The second-order valence-corrected chi connectivity index (χ2v) is 11.7. The molecule has 0 aromatic carbocycles. The molecule has 3 fully saturated rings. The van der Waals surface area contributed by atoms with E-state index in [4.69, 9.17) is 10.6 Å². The van der Waals surface area contributed by atoms with Crippen molar-refractivity contribution < 1.29 is 34.2 Å². The van der Waals surface area contributed by atoms with Gasteiger partial charge in [-0.15, -0.1) is 23.1 Å². The molecule has 2 aliphatic heterocycles. The van der Waals surface area contributed by atoms with Gasteiger partial charge >= 0.3 is 11.9 Å². The molecule has 5 N–H and O–H groups in total. The maximum absolute atomic E-state index is 13.2. The van der Waals surface area contributed by atoms with Crippen LogP contribution in [0.2, 0.25) is 0 Å². The van der Waals surface area contributed by atoms with Gasteiger partial charge in [0.1, 0.15) is 23.2 Å². The summed E-state index contributed by atoms with van der Waals surface area (Å²) < 4.78 is -0.746. The van der Waals surface area contributed by atoms with Crippen LogP contribution >= 0.6 is 23.1 Å². The fourth-order valence-electron chi connectivity index (χ4n) is 4.56. The van der Waals surface area contributed by atoms with Gasteiger partial charge in [-0.1, -0.05) is 11.6 Å². The van der Waals surface area contributed by atoms with Crippen LogP contribution in [0.5, 0.6) is 0 Å². The number of β-lactam (4-membered cyclic amide) rings is 1. The van der Waals surface area contributed by atoms with Gasteiger partial charge in [0.25, 0.3) is 5.91 Å². The number of aromatic nitrogens is 1. The molecule has 1 aliphatic carbocycles. The molecule has 0 radical (unpaired) electrons. The molecule has 3 atom stereocenters. The number of thioether (sulfide) groups is 1. The quantitative estimate of drug-likeness (QED) is 0.232. The van der Waals surface area contributed by atoms with E-state index in [1.54, 1.807) is 13.8 Å². The predicted octanol–water partition coefficient (Wildman–Crippen LogP) is 0.865. The lowest BCUT2D eigenvalue weighted by atomic mass is 9.85. The number of nitrogens with zero attached hydrogens (tertiary/aromatic N) is 3. The highest BCUT2D eigenvalue weighted by Gasteiger charge is 2.64. The monoisotopic (exact) mass is 511 g/mol. The number of carbonyl (C=O) groups is 4. The third-order valence-corrected chi connectivity index (χ3v) is 8.55. The van der Waals surface area contributed by atoms with Crippen molar-refractivity contribution in [2.45, 2.75) is 73.8 Å². The summed E-state index contributed by atoms with van der Waals surface area (Å²) in [6.07, 6.45) is 2.68. The Kier molecular flexibility index (Phi) is 6.23. The highest BCUT2D eigenvalue weighted by atomic mass is 32.2. The highest BCUT2D eigenvalue weighted by Crippen LogP contribution is 2.50. The van der Waals surface area contributed by atoms with E-state index in [9.17, 15) is 29.4 Å². The molecule has 1 aromatic heterocycles. The molecule has 0 unspecified atom stereocenters. The SMILES string of the molecule is CC1(C)S[C@@H]2[C@@H](NC(=O)C(=NOC3(C(=O)O)CCCCC3)c3csc(N)n3)C(=O)N2[C@H]1C(=O)O. The van der Waals surface area contributed by atoms with E-state index < -0.39 is 51.6 Å². The molecule has 184 valence electrons. The Morgan fingerprint density at radius 2 is 1.94 bits per heavy atom. The lowest BCUT2D eigenvalue weighted by molar-refractivity contribution is -0.171. The van der Waals surface area contributed by atoms with Crippen molar-refractivity contribution in [1.82, 2.24) is 15.2 Å². The second kappa shape index (κ2) is 8.73. The molecular formula is C20H25N5O7S2. The van der Waals surface area contributed by atoms with Crippen molar-refractivity contribution in [2.24, 2.45) is 5.16 Å². The number of thiazole rings is 1. The van der Waals surface area contributed by atoms with Crippen LogP contribution in [0.25, 0.3) is 0 Å². The van der Waals surface area contributed by atoms with Gasteiger partial charge in [-0.25, -0.2) is 14.6 Å². The average molecular weight is 512 g/mol. The van der Waals surface area contributed by atoms with Crippen LogP contribution in [-0.4, -0.2) is 77.4 Å². The minimum Gasteiger partial charge on any atom is -0.480 e. The van der Waals surface area contributed by atoms with Gasteiger partial charge in [0.2, 0.25) is 11.5 Å². The largest absolute Gasteiger partial charge is 0.480 e. The van der Waals surface area contributed by atoms with Crippen LogP contribution in [0.15, 0.2) is 10.5 Å². The van der Waals surface area contributed by atoms with E-state index in [2.05, 4.69) is 15.5 Å². The van der Waals surface area contributed by atoms with Gasteiger partial charge < -0.3 is 31.0 Å². The molecule has 2 saturated heterocycles. The van der Waals surface area contributed by atoms with Crippen molar-refractivity contribution >= 4 is 57.7 Å². The van der Waals surface area contributed by atoms with Gasteiger partial charge in [0, 0.05) is 23.0 Å². The zero-order chi connectivity index (χ0) is 24.8. The van der Waals surface area contributed by atoms with E-state index in [1.807, 2.05) is 0 Å². The number of rotatable bonds is 7. The summed E-state index contributed by atoms with van der Waals surface area (Å²) in [7, 11) is 0. The lowest BCUT2D eigenvalue weighted by Gasteiger charge is -2.43. The van der Waals surface area contributed by atoms with E-state index in [0.717, 1.165) is 17.8 Å². The maximum atomic E-state index is 13.2. The summed E-state index contributed by atoms with van der Waals surface area (Å²) in [6, 6.07) is -1.98. The van der Waals surface area contributed by atoms with E-state index in [-0.39, 0.29) is 29.4 Å². The molecule has 2 amide bonds. The first kappa shape index (κ1) is 24.3. The summed E-state index contributed by atoms with van der Waals surface area (Å²) in [5.74, 6) is -3.59. The number of nitrogens with one attached hydrogen (secondary N) is 1. The molecule has 3 aliphatic rings. The van der Waals surface area contributed by atoms with Crippen molar-refractivity contribution in [1.29, 1.82) is 0 Å². The number of amides is 2. The number of carboxylic acid groups (broad SMARTS) is 2. The molecule has 14 heteroatoms. The van der Waals surface area contributed by atoms with Crippen molar-refractivity contribution in [3.05, 3.63) is 11.1 Å². The Labute approximate surface area is 202 Å². The van der Waals surface area contributed by atoms with Gasteiger partial charge in [0.15, 0.2) is 10.8 Å². The summed E-state index contributed by atoms with van der Waals surface area (Å²) in [4.78, 5) is 60.3. The van der Waals surface area contributed by atoms with Gasteiger partial charge in [-0.05, 0) is 26.7 Å². The Hall–Kier alpha value is -2.87. The number of nitrogens with two attached hydrogens (primary N) is 1. The number of oxime groups is 1. The lowest BCUT2D eigenvalue weighted by Crippen LogP contribution is -2.71. The highest BCUT2D eigenvalue weighted by molar-refractivity contribution is 8.01. The average Bonchev–Trinajstić information content (AvgIpc) is 3.31. The summed E-state index contributed by atoms with van der Waals surface area (Å²) in [5, 5.41) is 26.9. The van der Waals surface area contributed by atoms with Crippen LogP contribution in [0, 0.1) is 0 Å². The first-order valence-corrected chi connectivity index (χ1v) is 12.5. The Morgan fingerprint density at radius 3 is 2.50 bits per heavy atom. The first-order chi connectivity index (χ1) is 16.0. The van der Waals surface area contributed by atoms with E-state index in [1.165, 1.54) is 22.0 Å². The Morgan fingerprint density at radius 1 is 1.26 bits per heavy atom. The number of nitrogen functional groups attached to an aromatic ring is 1. The number of carboxylic acids is 2. The van der Waals surface area contributed by atoms with Crippen molar-refractivity contribution in [2.75, 3.05) is 5.73 Å². The smallest absolute Gasteiger partial charge is 0.350 e. The zero-order valence-corrected chi connectivity index (χ0v) is 20.1. The molecule has 1 saturated carbocycles. The van der Waals surface area contributed by atoms with Gasteiger partial charge in [0.05, 0.1) is 0 Å². The minimum absolute atomic E-state index is 0.0859. The van der Waals surface area contributed by atoms with Gasteiger partial charge in [-0.3, -0.25) is 9.59 Å². The summed E-state index contributed by atoms with van der Waals surface area (Å²) >= 11 is 2.35. The first-order valence-electron chi connectivity index (χ1n) is 10.7. The Balaban J connectivity index is 1.57. The molecule has 0 spiro atoms. The van der Waals surface area contributed by atoms with E-state index >= 15 is 0 Å². The number of carbonyl (C=O) groups excluding carboxylic acids is 2. The molecule has 0 bridgehead atoms. The number of hydrogen-bond acceptors (Lipinski definition) is 10. The predicted molar refractivity (Wildman–Crippen MR) is 123 cm³/mol. The van der Waals surface area contributed by atoms with Crippen LogP contribution in [0.4, 0.5) is 5.13 Å². The molecule has 1 aromatic rings. The number of aliphatic carboxylic acids is 2. The second-order valence-electron chi connectivity index (χ2n) is 9.01.